The number of likely N-dealkylation sites (tertiary alicyclic amines) is 1. The number of carbonyl (C=O) groups excluding carboxylic acids is 1. The van der Waals surface area contributed by atoms with E-state index >= 15 is 0 Å². The van der Waals surface area contributed by atoms with Crippen LogP contribution in [-0.2, 0) is 6.54 Å². The summed E-state index contributed by atoms with van der Waals surface area (Å²) >= 11 is 0. The number of hydrogen-bond acceptors (Lipinski definition) is 1. The predicted octanol–water partition coefficient (Wildman–Crippen LogP) is 3.66. The van der Waals surface area contributed by atoms with Gasteiger partial charge in [-0.2, -0.15) is 0 Å². The van der Waals surface area contributed by atoms with Crippen molar-refractivity contribution in [3.05, 3.63) is 77.9 Å². The van der Waals surface area contributed by atoms with Gasteiger partial charge in [-0.05, 0) is 48.2 Å². The summed E-state index contributed by atoms with van der Waals surface area (Å²) in [5.74, 6) is -0.0591. The van der Waals surface area contributed by atoms with E-state index in [4.69, 9.17) is 0 Å². The summed E-state index contributed by atoms with van der Waals surface area (Å²) in [6.45, 7) is 3.64. The molecule has 26 heavy (non-hydrogen) atoms. The van der Waals surface area contributed by atoms with Gasteiger partial charge in [-0.3, -0.25) is 4.79 Å². The molecule has 0 bridgehead atoms. The smallest absolute Gasteiger partial charge is 0.256 e. The van der Waals surface area contributed by atoms with Crippen LogP contribution >= 0.6 is 0 Å². The lowest BCUT2D eigenvalue weighted by Crippen LogP contribution is -3.11. The second kappa shape index (κ2) is 7.71. The van der Waals surface area contributed by atoms with Gasteiger partial charge in [-0.25, -0.2) is 0 Å². The SMILES string of the molecule is O=C(Nc1ccc(C[NH+]2CCCCC2)cc1)c1cccc2ccccc12. The normalized spacial score (nSPS) is 15.1. The van der Waals surface area contributed by atoms with Gasteiger partial charge in [0.2, 0.25) is 0 Å². The molecule has 3 aromatic rings. The third-order valence-electron chi connectivity index (χ3n) is 5.26. The molecule has 3 heteroatoms. The topological polar surface area (TPSA) is 33.5 Å². The molecule has 3 aromatic carbocycles. The van der Waals surface area contributed by atoms with Crippen LogP contribution in [0, 0.1) is 0 Å². The molecule has 0 aliphatic carbocycles. The van der Waals surface area contributed by atoms with Gasteiger partial charge in [-0.15, -0.1) is 0 Å². The Balaban J connectivity index is 1.45. The van der Waals surface area contributed by atoms with Crippen LogP contribution in [0.1, 0.15) is 35.2 Å². The number of anilines is 1. The number of rotatable bonds is 4. The van der Waals surface area contributed by atoms with Gasteiger partial charge in [0.05, 0.1) is 13.1 Å². The first-order valence-corrected chi connectivity index (χ1v) is 9.51. The Morgan fingerprint density at radius 1 is 0.846 bits per heavy atom. The summed E-state index contributed by atoms with van der Waals surface area (Å²) in [5.41, 5.74) is 2.90. The highest BCUT2D eigenvalue weighted by Gasteiger charge is 2.14. The molecule has 1 fully saturated rings. The zero-order chi connectivity index (χ0) is 17.8. The zero-order valence-corrected chi connectivity index (χ0v) is 15.0. The van der Waals surface area contributed by atoms with Crippen LogP contribution in [0.4, 0.5) is 5.69 Å². The molecule has 1 saturated heterocycles. The minimum Gasteiger partial charge on any atom is -0.331 e. The zero-order valence-electron chi connectivity index (χ0n) is 15.0. The first-order chi connectivity index (χ1) is 12.8. The van der Waals surface area contributed by atoms with Gasteiger partial charge < -0.3 is 10.2 Å². The molecule has 4 rings (SSSR count). The van der Waals surface area contributed by atoms with Gasteiger partial charge in [0.15, 0.2) is 0 Å². The maximum Gasteiger partial charge on any atom is 0.256 e. The molecule has 1 aliphatic rings. The summed E-state index contributed by atoms with van der Waals surface area (Å²) in [4.78, 5) is 14.4. The molecule has 1 heterocycles. The number of quaternary nitrogens is 1. The third kappa shape index (κ3) is 3.78. The molecule has 0 spiro atoms. The highest BCUT2D eigenvalue weighted by atomic mass is 16.1. The molecule has 2 N–H and O–H groups in total. The van der Waals surface area contributed by atoms with E-state index in [1.165, 1.54) is 37.9 Å². The highest BCUT2D eigenvalue weighted by molar-refractivity contribution is 6.12. The van der Waals surface area contributed by atoms with Crippen molar-refractivity contribution in [2.75, 3.05) is 18.4 Å². The monoisotopic (exact) mass is 345 g/mol. The molecule has 3 nitrogen and oxygen atoms in total. The van der Waals surface area contributed by atoms with Crippen molar-refractivity contribution < 1.29 is 9.69 Å². The average Bonchev–Trinajstić information content (AvgIpc) is 2.70. The number of carbonyl (C=O) groups is 1. The summed E-state index contributed by atoms with van der Waals surface area (Å²) in [5, 5.41) is 5.10. The average molecular weight is 345 g/mol. The van der Waals surface area contributed by atoms with E-state index < -0.39 is 0 Å². The molecule has 0 aromatic heterocycles. The van der Waals surface area contributed by atoms with E-state index in [9.17, 15) is 4.79 Å². The minimum atomic E-state index is -0.0591. The maximum absolute atomic E-state index is 12.7. The molecular formula is C23H25N2O+. The minimum absolute atomic E-state index is 0.0591. The van der Waals surface area contributed by atoms with Crippen molar-refractivity contribution in [3.8, 4) is 0 Å². The lowest BCUT2D eigenvalue weighted by molar-refractivity contribution is -0.918. The van der Waals surface area contributed by atoms with E-state index in [-0.39, 0.29) is 5.91 Å². The number of benzene rings is 3. The standard InChI is InChI=1S/C23H24N2O/c26-23(22-10-6-8-19-7-2-3-9-21(19)22)24-20-13-11-18(12-14-20)17-25-15-4-1-5-16-25/h2-3,6-14H,1,4-5,15-17H2,(H,24,26)/p+1. The molecule has 132 valence electrons. The van der Waals surface area contributed by atoms with Crippen LogP contribution in [0.25, 0.3) is 10.8 Å². The van der Waals surface area contributed by atoms with E-state index in [1.54, 1.807) is 4.90 Å². The maximum atomic E-state index is 12.7. The van der Waals surface area contributed by atoms with Crippen LogP contribution in [0.3, 0.4) is 0 Å². The Bertz CT molecular complexity index is 890. The number of nitrogens with one attached hydrogen (secondary N) is 2. The van der Waals surface area contributed by atoms with Crippen LogP contribution < -0.4 is 10.2 Å². The second-order valence-electron chi connectivity index (χ2n) is 7.17. The number of fused-ring (bicyclic) bond motifs is 1. The van der Waals surface area contributed by atoms with Crippen LogP contribution in [0.5, 0.6) is 0 Å². The molecule has 0 radical (unpaired) electrons. The van der Waals surface area contributed by atoms with E-state index in [2.05, 4.69) is 17.4 Å². The Kier molecular flexibility index (Phi) is 4.98. The molecular weight excluding hydrogens is 320 g/mol. The van der Waals surface area contributed by atoms with Gasteiger partial charge in [0.1, 0.15) is 6.54 Å². The summed E-state index contributed by atoms with van der Waals surface area (Å²) in [7, 11) is 0. The van der Waals surface area contributed by atoms with Crippen molar-refractivity contribution in [3.63, 3.8) is 0 Å². The fraction of sp³-hybridized carbons (Fsp3) is 0.261. The molecule has 1 aliphatic heterocycles. The fourth-order valence-electron chi connectivity index (χ4n) is 3.84. The van der Waals surface area contributed by atoms with E-state index in [1.807, 2.05) is 54.6 Å². The highest BCUT2D eigenvalue weighted by Crippen LogP contribution is 2.20. The van der Waals surface area contributed by atoms with Crippen LogP contribution in [-0.4, -0.2) is 19.0 Å². The predicted molar refractivity (Wildman–Crippen MR) is 107 cm³/mol. The molecule has 0 saturated carbocycles. The fourth-order valence-corrected chi connectivity index (χ4v) is 3.84. The second-order valence-corrected chi connectivity index (χ2v) is 7.17. The van der Waals surface area contributed by atoms with Gasteiger partial charge in [-0.1, -0.05) is 48.5 Å². The van der Waals surface area contributed by atoms with Gasteiger partial charge in [0.25, 0.3) is 5.91 Å². The van der Waals surface area contributed by atoms with Crippen molar-refractivity contribution >= 4 is 22.4 Å². The quantitative estimate of drug-likeness (QED) is 0.743. The van der Waals surface area contributed by atoms with E-state index in [0.717, 1.165) is 23.0 Å². The first kappa shape index (κ1) is 16.8. The number of hydrogen-bond donors (Lipinski definition) is 2. The largest absolute Gasteiger partial charge is 0.331 e. The van der Waals surface area contributed by atoms with Crippen molar-refractivity contribution in [1.29, 1.82) is 0 Å². The number of piperidine rings is 1. The lowest BCUT2D eigenvalue weighted by Gasteiger charge is -2.23. The van der Waals surface area contributed by atoms with Gasteiger partial charge >= 0.3 is 0 Å². The van der Waals surface area contributed by atoms with Crippen molar-refractivity contribution in [2.24, 2.45) is 0 Å². The summed E-state index contributed by atoms with van der Waals surface area (Å²) < 4.78 is 0. The Labute approximate surface area is 154 Å². The molecule has 0 unspecified atom stereocenters. The Morgan fingerprint density at radius 2 is 1.58 bits per heavy atom. The summed E-state index contributed by atoms with van der Waals surface area (Å²) in [6.07, 6.45) is 4.06. The lowest BCUT2D eigenvalue weighted by atomic mass is 10.0. The van der Waals surface area contributed by atoms with Crippen molar-refractivity contribution in [1.82, 2.24) is 0 Å². The van der Waals surface area contributed by atoms with Crippen molar-refractivity contribution in [2.45, 2.75) is 25.8 Å². The van der Waals surface area contributed by atoms with Gasteiger partial charge in [0, 0.05) is 16.8 Å². The molecule has 0 atom stereocenters. The van der Waals surface area contributed by atoms with Crippen LogP contribution in [0.15, 0.2) is 66.7 Å². The van der Waals surface area contributed by atoms with Crippen LogP contribution in [0.2, 0.25) is 0 Å². The van der Waals surface area contributed by atoms with E-state index in [0.29, 0.717) is 5.56 Å². The third-order valence-corrected chi connectivity index (χ3v) is 5.26. The first-order valence-electron chi connectivity index (χ1n) is 9.51. The Hall–Kier alpha value is -2.65. The Morgan fingerprint density at radius 3 is 2.38 bits per heavy atom. The summed E-state index contributed by atoms with van der Waals surface area (Å²) in [6, 6.07) is 22.1. The number of amides is 1. The molecule has 1 amide bonds.